The highest BCUT2D eigenvalue weighted by molar-refractivity contribution is 5.94. The normalized spacial score (nSPS) is 13.6. The number of amides is 1. The second-order valence-electron chi connectivity index (χ2n) is 6.69. The highest BCUT2D eigenvalue weighted by Crippen LogP contribution is 2.32. The molecule has 29 heavy (non-hydrogen) atoms. The maximum atomic E-state index is 12.8. The molecule has 1 amide bonds. The van der Waals surface area contributed by atoms with Gasteiger partial charge in [-0.15, -0.1) is 5.10 Å². The molecule has 3 aromatic rings. The number of carbonyl (C=O) groups excluding carboxylic acids is 1. The van der Waals surface area contributed by atoms with E-state index in [4.69, 9.17) is 14.2 Å². The van der Waals surface area contributed by atoms with Gasteiger partial charge in [-0.1, -0.05) is 41.6 Å². The Labute approximate surface area is 168 Å². The maximum Gasteiger partial charge on any atom is 0.277 e. The molecule has 1 aliphatic heterocycles. The Morgan fingerprint density at radius 3 is 2.69 bits per heavy atom. The van der Waals surface area contributed by atoms with Crippen LogP contribution in [0.2, 0.25) is 0 Å². The lowest BCUT2D eigenvalue weighted by molar-refractivity contribution is 0.0931. The van der Waals surface area contributed by atoms with Crippen LogP contribution in [-0.4, -0.2) is 41.2 Å². The van der Waals surface area contributed by atoms with Crippen LogP contribution >= 0.6 is 0 Å². The van der Waals surface area contributed by atoms with Crippen LogP contribution in [0, 0.1) is 0 Å². The molecule has 1 aromatic heterocycles. The minimum atomic E-state index is -0.358. The van der Waals surface area contributed by atoms with Gasteiger partial charge in [0.15, 0.2) is 11.5 Å². The fraction of sp³-hybridized carbons (Fsp3) is 0.286. The van der Waals surface area contributed by atoms with E-state index in [1.807, 2.05) is 55.5 Å². The minimum Gasteiger partial charge on any atom is -0.486 e. The molecule has 1 N–H and O–H groups in total. The third kappa shape index (κ3) is 4.01. The van der Waals surface area contributed by atoms with E-state index in [9.17, 15) is 4.79 Å². The van der Waals surface area contributed by atoms with Crippen molar-refractivity contribution in [3.05, 3.63) is 65.4 Å². The zero-order chi connectivity index (χ0) is 20.2. The fourth-order valence-corrected chi connectivity index (χ4v) is 3.19. The van der Waals surface area contributed by atoms with Crippen LogP contribution in [-0.2, 0) is 6.54 Å². The largest absolute Gasteiger partial charge is 0.486 e. The van der Waals surface area contributed by atoms with Gasteiger partial charge >= 0.3 is 0 Å². The summed E-state index contributed by atoms with van der Waals surface area (Å²) < 4.78 is 18.1. The molecule has 0 aliphatic carbocycles. The summed E-state index contributed by atoms with van der Waals surface area (Å²) in [4.78, 5) is 12.8. The van der Waals surface area contributed by atoms with E-state index in [1.54, 1.807) is 4.68 Å². The van der Waals surface area contributed by atoms with Crippen LogP contribution in [0.15, 0.2) is 48.5 Å². The summed E-state index contributed by atoms with van der Waals surface area (Å²) in [5, 5.41) is 11.1. The Morgan fingerprint density at radius 1 is 1.17 bits per heavy atom. The molecule has 0 fully saturated rings. The van der Waals surface area contributed by atoms with Crippen LogP contribution in [0.5, 0.6) is 17.4 Å². The Bertz CT molecular complexity index is 1000. The Morgan fingerprint density at radius 2 is 1.93 bits per heavy atom. The van der Waals surface area contributed by atoms with Gasteiger partial charge in [-0.05, 0) is 30.2 Å². The molecule has 8 nitrogen and oxygen atoms in total. The number of methoxy groups -OCH3 is 1. The van der Waals surface area contributed by atoms with E-state index in [2.05, 4.69) is 15.6 Å². The SMILES string of the molecule is COc1c(C(=O)NC(C)c2ccc3c(c2)OCCO3)nnn1Cc1ccccc1. The molecule has 1 atom stereocenters. The van der Waals surface area contributed by atoms with E-state index in [0.29, 0.717) is 37.1 Å². The third-order valence-electron chi connectivity index (χ3n) is 4.69. The molecule has 1 unspecified atom stereocenters. The smallest absolute Gasteiger partial charge is 0.277 e. The van der Waals surface area contributed by atoms with Gasteiger partial charge in [0.1, 0.15) is 13.2 Å². The second-order valence-corrected chi connectivity index (χ2v) is 6.69. The van der Waals surface area contributed by atoms with Gasteiger partial charge in [0.25, 0.3) is 5.91 Å². The second kappa shape index (κ2) is 8.22. The Balaban J connectivity index is 1.49. The number of fused-ring (bicyclic) bond motifs is 1. The highest BCUT2D eigenvalue weighted by Gasteiger charge is 2.23. The summed E-state index contributed by atoms with van der Waals surface area (Å²) in [6, 6.07) is 15.2. The van der Waals surface area contributed by atoms with Crippen LogP contribution in [0.1, 0.15) is 34.6 Å². The molecule has 0 saturated heterocycles. The molecule has 4 rings (SSSR count). The number of aromatic nitrogens is 3. The molecule has 2 heterocycles. The van der Waals surface area contributed by atoms with Crippen molar-refractivity contribution in [1.82, 2.24) is 20.3 Å². The first-order valence-electron chi connectivity index (χ1n) is 9.37. The number of benzene rings is 2. The lowest BCUT2D eigenvalue weighted by Gasteiger charge is -2.21. The standard InChI is InChI=1S/C21H22N4O4/c1-14(16-8-9-17-18(12-16)29-11-10-28-17)22-20(26)19-21(27-2)25(24-23-19)13-15-6-4-3-5-7-15/h3-9,12,14H,10-11,13H2,1-2H3,(H,22,26). The lowest BCUT2D eigenvalue weighted by Crippen LogP contribution is -2.27. The van der Waals surface area contributed by atoms with Crippen LogP contribution < -0.4 is 19.5 Å². The summed E-state index contributed by atoms with van der Waals surface area (Å²) >= 11 is 0. The molecule has 0 radical (unpaired) electrons. The van der Waals surface area contributed by atoms with Crippen molar-refractivity contribution < 1.29 is 19.0 Å². The van der Waals surface area contributed by atoms with Crippen molar-refractivity contribution >= 4 is 5.91 Å². The number of nitrogens with zero attached hydrogens (tertiary/aromatic N) is 3. The van der Waals surface area contributed by atoms with E-state index in [0.717, 1.165) is 11.1 Å². The summed E-state index contributed by atoms with van der Waals surface area (Å²) in [5.74, 6) is 1.36. The first kappa shape index (κ1) is 18.8. The zero-order valence-corrected chi connectivity index (χ0v) is 16.3. The van der Waals surface area contributed by atoms with Crippen molar-refractivity contribution in [3.8, 4) is 17.4 Å². The molecule has 1 aliphatic rings. The van der Waals surface area contributed by atoms with E-state index < -0.39 is 0 Å². The van der Waals surface area contributed by atoms with Gasteiger partial charge in [-0.2, -0.15) is 0 Å². The van der Waals surface area contributed by atoms with Crippen molar-refractivity contribution in [2.75, 3.05) is 20.3 Å². The van der Waals surface area contributed by atoms with E-state index >= 15 is 0 Å². The summed E-state index contributed by atoms with van der Waals surface area (Å²) in [6.45, 7) is 3.40. The number of ether oxygens (including phenoxy) is 3. The number of carbonyl (C=O) groups is 1. The Hall–Kier alpha value is -3.55. The zero-order valence-electron chi connectivity index (χ0n) is 16.3. The van der Waals surface area contributed by atoms with Crippen molar-refractivity contribution in [2.24, 2.45) is 0 Å². The molecule has 2 aromatic carbocycles. The summed E-state index contributed by atoms with van der Waals surface area (Å²) in [5.41, 5.74) is 2.08. The molecular formula is C21H22N4O4. The monoisotopic (exact) mass is 394 g/mol. The number of hydrogen-bond acceptors (Lipinski definition) is 6. The molecule has 0 saturated carbocycles. The topological polar surface area (TPSA) is 87.5 Å². The van der Waals surface area contributed by atoms with Gasteiger partial charge in [0.05, 0.1) is 19.7 Å². The number of hydrogen-bond donors (Lipinski definition) is 1. The summed E-state index contributed by atoms with van der Waals surface area (Å²) in [6.07, 6.45) is 0. The summed E-state index contributed by atoms with van der Waals surface area (Å²) in [7, 11) is 1.50. The van der Waals surface area contributed by atoms with Gasteiger partial charge in [-0.3, -0.25) is 4.79 Å². The molecule has 150 valence electrons. The van der Waals surface area contributed by atoms with Gasteiger partial charge in [0, 0.05) is 0 Å². The minimum absolute atomic E-state index is 0.146. The predicted molar refractivity (Wildman–Crippen MR) is 105 cm³/mol. The predicted octanol–water partition coefficient (Wildman–Crippen LogP) is 2.60. The molecule has 0 spiro atoms. The Kier molecular flexibility index (Phi) is 5.33. The molecular weight excluding hydrogens is 372 g/mol. The number of rotatable bonds is 6. The maximum absolute atomic E-state index is 12.8. The molecule has 8 heteroatoms. The van der Waals surface area contributed by atoms with Gasteiger partial charge in [-0.25, -0.2) is 4.68 Å². The highest BCUT2D eigenvalue weighted by atomic mass is 16.6. The average molecular weight is 394 g/mol. The van der Waals surface area contributed by atoms with Gasteiger partial charge in [0.2, 0.25) is 11.6 Å². The lowest BCUT2D eigenvalue weighted by atomic mass is 10.1. The first-order valence-corrected chi connectivity index (χ1v) is 9.37. The van der Waals surface area contributed by atoms with Crippen LogP contribution in [0.25, 0.3) is 0 Å². The number of nitrogens with one attached hydrogen (secondary N) is 1. The average Bonchev–Trinajstić information content (AvgIpc) is 3.16. The first-order chi connectivity index (χ1) is 14.2. The fourth-order valence-electron chi connectivity index (χ4n) is 3.19. The van der Waals surface area contributed by atoms with Crippen LogP contribution in [0.4, 0.5) is 0 Å². The van der Waals surface area contributed by atoms with E-state index in [1.165, 1.54) is 7.11 Å². The quantitative estimate of drug-likeness (QED) is 0.692. The van der Waals surface area contributed by atoms with Crippen molar-refractivity contribution in [2.45, 2.75) is 19.5 Å². The third-order valence-corrected chi connectivity index (χ3v) is 4.69. The van der Waals surface area contributed by atoms with Gasteiger partial charge < -0.3 is 19.5 Å². The van der Waals surface area contributed by atoms with Crippen LogP contribution in [0.3, 0.4) is 0 Å². The van der Waals surface area contributed by atoms with E-state index in [-0.39, 0.29) is 17.6 Å². The van der Waals surface area contributed by atoms with Crippen molar-refractivity contribution in [3.63, 3.8) is 0 Å². The molecule has 0 bridgehead atoms. The van der Waals surface area contributed by atoms with Crippen molar-refractivity contribution in [1.29, 1.82) is 0 Å².